The van der Waals surface area contributed by atoms with E-state index in [4.69, 9.17) is 23.2 Å². The van der Waals surface area contributed by atoms with Crippen LogP contribution in [0.1, 0.15) is 47.0 Å². The number of ketones is 2. The fourth-order valence-corrected chi connectivity index (χ4v) is 8.51. The van der Waals surface area contributed by atoms with Crippen LogP contribution in [0, 0.1) is 28.6 Å². The lowest BCUT2D eigenvalue weighted by molar-refractivity contribution is -0.163. The average molecular weight is 447 g/mol. The summed E-state index contributed by atoms with van der Waals surface area (Å²) in [6, 6.07) is 0. The number of Topliss-reactive ketones (excluding diaryl/α,β-unsaturated/α-hetero) is 1. The van der Waals surface area contributed by atoms with Gasteiger partial charge in [0, 0.05) is 16.4 Å². The van der Waals surface area contributed by atoms with Crippen LogP contribution in [-0.4, -0.2) is 38.7 Å². The average Bonchev–Trinajstić information content (AvgIpc) is 2.83. The normalized spacial score (nSPS) is 54.1. The van der Waals surface area contributed by atoms with E-state index in [1.165, 1.54) is 13.0 Å². The Hall–Kier alpha value is -0.780. The molecule has 0 amide bonds. The third-order valence-electron chi connectivity index (χ3n) is 8.78. The van der Waals surface area contributed by atoms with Gasteiger partial charge in [-0.15, -0.1) is 23.2 Å². The van der Waals surface area contributed by atoms with Gasteiger partial charge in [-0.2, -0.15) is 0 Å². The number of hydrogen-bond acceptors (Lipinski definition) is 3. The Morgan fingerprint density at radius 2 is 1.90 bits per heavy atom. The molecule has 29 heavy (non-hydrogen) atoms. The largest absolute Gasteiger partial charge is 0.381 e. The molecule has 0 aromatic heterocycles. The first-order valence-electron chi connectivity index (χ1n) is 10.1. The van der Waals surface area contributed by atoms with Crippen molar-refractivity contribution in [1.29, 1.82) is 0 Å². The lowest BCUT2D eigenvalue weighted by Gasteiger charge is -2.64. The summed E-state index contributed by atoms with van der Waals surface area (Å²) in [5, 5.41) is 10.7. The van der Waals surface area contributed by atoms with E-state index in [1.807, 2.05) is 13.8 Å². The highest BCUT2D eigenvalue weighted by Crippen LogP contribution is 2.72. The lowest BCUT2D eigenvalue weighted by atomic mass is 9.46. The Morgan fingerprint density at radius 3 is 2.48 bits per heavy atom. The number of carbonyl (C=O) groups excluding carboxylic acids is 2. The second-order valence-corrected chi connectivity index (χ2v) is 11.0. The van der Waals surface area contributed by atoms with E-state index in [9.17, 15) is 19.1 Å². The van der Waals surface area contributed by atoms with E-state index < -0.39 is 50.4 Å². The van der Waals surface area contributed by atoms with Crippen LogP contribution in [0.2, 0.25) is 0 Å². The van der Waals surface area contributed by atoms with E-state index in [1.54, 1.807) is 6.92 Å². The van der Waals surface area contributed by atoms with Gasteiger partial charge in [0.1, 0.15) is 11.8 Å². The maximum absolute atomic E-state index is 15.4. The summed E-state index contributed by atoms with van der Waals surface area (Å²) >= 11 is 14.1. The highest BCUT2D eigenvalue weighted by molar-refractivity contribution is 6.34. The predicted molar refractivity (Wildman–Crippen MR) is 107 cm³/mol. The summed E-state index contributed by atoms with van der Waals surface area (Å²) in [6.45, 7) is 6.69. The Kier molecular flexibility index (Phi) is 4.54. The van der Waals surface area contributed by atoms with Crippen molar-refractivity contribution in [3.63, 3.8) is 0 Å². The summed E-state index contributed by atoms with van der Waals surface area (Å²) in [5.41, 5.74) is -3.94. The van der Waals surface area contributed by atoms with Crippen LogP contribution in [0.15, 0.2) is 23.6 Å². The monoisotopic (exact) mass is 446 g/mol. The lowest BCUT2D eigenvalue weighted by Crippen LogP contribution is -2.68. The van der Waals surface area contributed by atoms with Gasteiger partial charge in [0.15, 0.2) is 11.6 Å². The van der Waals surface area contributed by atoms with Crippen LogP contribution in [0.4, 0.5) is 8.78 Å². The third kappa shape index (κ3) is 2.22. The molecule has 7 heteroatoms. The van der Waals surface area contributed by atoms with Crippen molar-refractivity contribution in [3.8, 4) is 0 Å². The number of aliphatic hydroxyl groups is 1. The standard InChI is InChI=1S/C22H26Cl2F2O3/c1-10-7-12-13-8-14(25)17-18(26)15(28)5-6-19(17,3)21(13,24)16(23)9-20(12,4)22(10,29)11(2)27/h5-6,10,12-14,16,29H,7-9H2,1-4H3/t10?,12-,13-,14?,16?,19-,20-,21-,22-/m0/s1. The van der Waals surface area contributed by atoms with Crippen molar-refractivity contribution in [2.75, 3.05) is 0 Å². The van der Waals surface area contributed by atoms with Gasteiger partial charge in [-0.05, 0) is 50.0 Å². The molecule has 0 aromatic rings. The van der Waals surface area contributed by atoms with Gasteiger partial charge in [-0.3, -0.25) is 9.59 Å². The summed E-state index contributed by atoms with van der Waals surface area (Å²) < 4.78 is 30.1. The molecule has 3 nitrogen and oxygen atoms in total. The van der Waals surface area contributed by atoms with Gasteiger partial charge in [-0.25, -0.2) is 8.78 Å². The molecule has 0 saturated heterocycles. The van der Waals surface area contributed by atoms with Crippen molar-refractivity contribution in [3.05, 3.63) is 23.6 Å². The second kappa shape index (κ2) is 6.14. The van der Waals surface area contributed by atoms with Crippen molar-refractivity contribution in [2.24, 2.45) is 28.6 Å². The topological polar surface area (TPSA) is 54.4 Å². The number of fused-ring (bicyclic) bond motifs is 5. The summed E-state index contributed by atoms with van der Waals surface area (Å²) in [4.78, 5) is 23.2. The molecule has 9 atom stereocenters. The molecule has 160 valence electrons. The quantitative estimate of drug-likeness (QED) is 0.594. The van der Waals surface area contributed by atoms with E-state index in [0.717, 1.165) is 6.08 Å². The van der Waals surface area contributed by atoms with Crippen molar-refractivity contribution in [2.45, 2.75) is 69.0 Å². The minimum absolute atomic E-state index is 0.0901. The molecule has 1 N–H and O–H groups in total. The third-order valence-corrected chi connectivity index (χ3v) is 10.3. The molecule has 0 radical (unpaired) electrons. The molecule has 0 spiro atoms. The smallest absolute Gasteiger partial charge is 0.213 e. The molecule has 0 heterocycles. The Labute approximate surface area is 179 Å². The maximum atomic E-state index is 15.4. The number of halogens is 4. The molecule has 4 aliphatic carbocycles. The van der Waals surface area contributed by atoms with Crippen molar-refractivity contribution < 1.29 is 23.5 Å². The van der Waals surface area contributed by atoms with Gasteiger partial charge in [0.2, 0.25) is 5.78 Å². The van der Waals surface area contributed by atoms with Gasteiger partial charge in [0.05, 0.1) is 10.3 Å². The number of hydrogen-bond donors (Lipinski definition) is 1. The molecular formula is C22H26Cl2F2O3. The number of alkyl halides is 3. The molecule has 3 unspecified atom stereocenters. The molecule has 4 rings (SSSR count). The molecule has 3 fully saturated rings. The molecule has 0 bridgehead atoms. The van der Waals surface area contributed by atoms with Gasteiger partial charge in [0.25, 0.3) is 0 Å². The van der Waals surface area contributed by atoms with Crippen molar-refractivity contribution >= 4 is 34.8 Å². The van der Waals surface area contributed by atoms with Crippen LogP contribution >= 0.6 is 23.2 Å². The van der Waals surface area contributed by atoms with E-state index in [2.05, 4.69) is 0 Å². The van der Waals surface area contributed by atoms with E-state index in [-0.39, 0.29) is 36.0 Å². The minimum Gasteiger partial charge on any atom is -0.381 e. The fraction of sp³-hybridized carbons (Fsp3) is 0.727. The van der Waals surface area contributed by atoms with Gasteiger partial charge >= 0.3 is 0 Å². The fourth-order valence-electron chi connectivity index (χ4n) is 7.32. The first kappa shape index (κ1) is 21.5. The molecule has 0 aliphatic heterocycles. The second-order valence-electron chi connectivity index (χ2n) is 9.86. The highest BCUT2D eigenvalue weighted by Gasteiger charge is 2.75. The summed E-state index contributed by atoms with van der Waals surface area (Å²) in [7, 11) is 0. The van der Waals surface area contributed by atoms with Crippen LogP contribution in [0.5, 0.6) is 0 Å². The van der Waals surface area contributed by atoms with Crippen molar-refractivity contribution in [1.82, 2.24) is 0 Å². The number of allylic oxidation sites excluding steroid dienone is 4. The van der Waals surface area contributed by atoms with Gasteiger partial charge < -0.3 is 5.11 Å². The zero-order valence-electron chi connectivity index (χ0n) is 16.9. The first-order chi connectivity index (χ1) is 13.3. The van der Waals surface area contributed by atoms with Crippen LogP contribution in [0.25, 0.3) is 0 Å². The summed E-state index contributed by atoms with van der Waals surface area (Å²) in [5.74, 6) is -3.35. The van der Waals surface area contributed by atoms with Gasteiger partial charge in [-0.1, -0.05) is 26.8 Å². The Morgan fingerprint density at radius 1 is 1.28 bits per heavy atom. The number of rotatable bonds is 1. The molecular weight excluding hydrogens is 421 g/mol. The minimum atomic E-state index is -1.68. The molecule has 4 aliphatic rings. The zero-order valence-corrected chi connectivity index (χ0v) is 18.5. The predicted octanol–water partition coefficient (Wildman–Crippen LogP) is 4.68. The van der Waals surface area contributed by atoms with Crippen LogP contribution in [0.3, 0.4) is 0 Å². The van der Waals surface area contributed by atoms with Crippen LogP contribution in [-0.2, 0) is 9.59 Å². The highest BCUT2D eigenvalue weighted by atomic mass is 35.5. The molecule has 3 saturated carbocycles. The number of carbonyl (C=O) groups is 2. The summed E-state index contributed by atoms with van der Waals surface area (Å²) in [6.07, 6.45) is 1.57. The van der Waals surface area contributed by atoms with E-state index in [0.29, 0.717) is 6.42 Å². The zero-order chi connectivity index (χ0) is 21.7. The Bertz CT molecular complexity index is 872. The SMILES string of the molecule is CC(=O)[C@@]1(O)C(C)C[C@H]2[C@@H]3CC(F)C4=C(F)C(=O)C=C[C@]4(C)[C@@]3(Cl)C(Cl)C[C@@]21C. The maximum Gasteiger partial charge on any atom is 0.213 e. The van der Waals surface area contributed by atoms with E-state index >= 15 is 4.39 Å². The van der Waals surface area contributed by atoms with Crippen LogP contribution < -0.4 is 0 Å². The molecule has 0 aromatic carbocycles. The first-order valence-corrected chi connectivity index (χ1v) is 10.9. The Balaban J connectivity index is 1.91.